The van der Waals surface area contributed by atoms with Crippen molar-refractivity contribution in [1.29, 1.82) is 0 Å². The highest BCUT2D eigenvalue weighted by Crippen LogP contribution is 2.22. The topological polar surface area (TPSA) is 29.5 Å². The van der Waals surface area contributed by atoms with E-state index in [1.54, 1.807) is 0 Å². The molecule has 1 atom stereocenters. The number of carbonyl (C=O) groups excluding carboxylic acids is 1. The first-order valence-electron chi connectivity index (χ1n) is 7.73. The van der Waals surface area contributed by atoms with E-state index in [1.165, 1.54) is 25.7 Å². The van der Waals surface area contributed by atoms with Crippen molar-refractivity contribution < 1.29 is 9.53 Å². The molecule has 1 aliphatic heterocycles. The lowest BCUT2D eigenvalue weighted by atomic mass is 9.98. The minimum absolute atomic E-state index is 0.0769. The van der Waals surface area contributed by atoms with Crippen molar-refractivity contribution in [1.82, 2.24) is 4.90 Å². The Balaban J connectivity index is 2.32. The minimum atomic E-state index is -0.0769. The number of likely N-dealkylation sites (tertiary alicyclic amines) is 1. The van der Waals surface area contributed by atoms with E-state index in [9.17, 15) is 4.79 Å². The maximum Gasteiger partial charge on any atom is 0.410 e. The van der Waals surface area contributed by atoms with Crippen molar-refractivity contribution in [3.63, 3.8) is 0 Å². The Morgan fingerprint density at radius 3 is 2.67 bits per heavy atom. The highest BCUT2D eigenvalue weighted by atomic mass is 16.6. The Labute approximate surface area is 112 Å². The first-order valence-corrected chi connectivity index (χ1v) is 7.73. The molecule has 0 aliphatic carbocycles. The number of amides is 1. The van der Waals surface area contributed by atoms with Crippen LogP contribution < -0.4 is 0 Å². The summed E-state index contributed by atoms with van der Waals surface area (Å²) in [5.41, 5.74) is 0. The molecule has 0 unspecified atom stereocenters. The van der Waals surface area contributed by atoms with Crippen molar-refractivity contribution in [3.8, 4) is 0 Å². The van der Waals surface area contributed by atoms with Gasteiger partial charge in [0.15, 0.2) is 0 Å². The third-order valence-electron chi connectivity index (χ3n) is 3.73. The molecule has 3 nitrogen and oxygen atoms in total. The summed E-state index contributed by atoms with van der Waals surface area (Å²) in [6.45, 7) is 5.84. The average Bonchev–Trinajstić information content (AvgIpc) is 2.41. The van der Waals surface area contributed by atoms with E-state index < -0.39 is 0 Å². The van der Waals surface area contributed by atoms with Gasteiger partial charge in [-0.2, -0.15) is 0 Å². The summed E-state index contributed by atoms with van der Waals surface area (Å²) < 4.78 is 5.38. The largest absolute Gasteiger partial charge is 0.449 e. The van der Waals surface area contributed by atoms with Crippen molar-refractivity contribution in [3.05, 3.63) is 0 Å². The Morgan fingerprint density at radius 1 is 1.17 bits per heavy atom. The van der Waals surface area contributed by atoms with Crippen molar-refractivity contribution in [2.45, 2.75) is 77.7 Å². The molecule has 0 N–H and O–H groups in total. The van der Waals surface area contributed by atoms with E-state index in [1.807, 2.05) is 4.90 Å². The summed E-state index contributed by atoms with van der Waals surface area (Å²) in [6.07, 6.45) is 10.3. The third-order valence-corrected chi connectivity index (χ3v) is 3.73. The maximum atomic E-state index is 12.0. The standard InChI is InChI=1S/C15H29NO2/c1-3-5-9-13-18-15(17)16-12-8-7-11-14(16)10-6-4-2/h14H,3-13H2,1-2H3/t14-/m1/s1. The molecule has 0 aromatic rings. The molecule has 18 heavy (non-hydrogen) atoms. The summed E-state index contributed by atoms with van der Waals surface area (Å²) in [7, 11) is 0. The molecule has 106 valence electrons. The first kappa shape index (κ1) is 15.3. The molecule has 1 rings (SSSR count). The Hall–Kier alpha value is -0.730. The van der Waals surface area contributed by atoms with Crippen LogP contribution in [0.2, 0.25) is 0 Å². The van der Waals surface area contributed by atoms with Crippen LogP contribution in [0.5, 0.6) is 0 Å². The second-order valence-corrected chi connectivity index (χ2v) is 5.31. The molecular weight excluding hydrogens is 226 g/mol. The molecule has 1 fully saturated rings. The summed E-state index contributed by atoms with van der Waals surface area (Å²) in [5.74, 6) is 0. The van der Waals surface area contributed by atoms with Crippen LogP contribution in [0.1, 0.15) is 71.6 Å². The lowest BCUT2D eigenvalue weighted by Gasteiger charge is -2.35. The van der Waals surface area contributed by atoms with Gasteiger partial charge in [-0.3, -0.25) is 0 Å². The van der Waals surface area contributed by atoms with E-state index in [0.29, 0.717) is 12.6 Å². The zero-order valence-corrected chi connectivity index (χ0v) is 12.1. The van der Waals surface area contributed by atoms with Gasteiger partial charge in [0.05, 0.1) is 6.61 Å². The molecule has 1 saturated heterocycles. The second-order valence-electron chi connectivity index (χ2n) is 5.31. The lowest BCUT2D eigenvalue weighted by molar-refractivity contribution is 0.0692. The second kappa shape index (κ2) is 9.23. The predicted octanol–water partition coefficient (Wildman–Crippen LogP) is 4.36. The van der Waals surface area contributed by atoms with Crippen molar-refractivity contribution >= 4 is 6.09 Å². The van der Waals surface area contributed by atoms with Crippen LogP contribution in [0.3, 0.4) is 0 Å². The zero-order valence-electron chi connectivity index (χ0n) is 12.1. The number of carbonyl (C=O) groups is 1. The van der Waals surface area contributed by atoms with Gasteiger partial charge in [0.1, 0.15) is 0 Å². The Morgan fingerprint density at radius 2 is 1.94 bits per heavy atom. The van der Waals surface area contributed by atoms with Gasteiger partial charge in [0.2, 0.25) is 0 Å². The van der Waals surface area contributed by atoms with Crippen LogP contribution in [-0.4, -0.2) is 30.2 Å². The normalized spacial score (nSPS) is 19.9. The monoisotopic (exact) mass is 255 g/mol. The molecule has 0 bridgehead atoms. The van der Waals surface area contributed by atoms with Crippen LogP contribution in [-0.2, 0) is 4.74 Å². The quantitative estimate of drug-likeness (QED) is 0.633. The Bertz CT molecular complexity index is 231. The van der Waals surface area contributed by atoms with E-state index >= 15 is 0 Å². The molecule has 0 aromatic heterocycles. The molecular formula is C15H29NO2. The van der Waals surface area contributed by atoms with Gasteiger partial charge in [0.25, 0.3) is 0 Å². The molecule has 0 radical (unpaired) electrons. The number of hydrogen-bond donors (Lipinski definition) is 0. The van der Waals surface area contributed by atoms with Gasteiger partial charge in [-0.1, -0.05) is 39.5 Å². The summed E-state index contributed by atoms with van der Waals surface area (Å²) >= 11 is 0. The summed E-state index contributed by atoms with van der Waals surface area (Å²) in [6, 6.07) is 0.428. The van der Waals surface area contributed by atoms with Gasteiger partial charge in [-0.25, -0.2) is 4.79 Å². The summed E-state index contributed by atoms with van der Waals surface area (Å²) in [4.78, 5) is 14.0. The highest BCUT2D eigenvalue weighted by molar-refractivity contribution is 5.68. The highest BCUT2D eigenvalue weighted by Gasteiger charge is 2.26. The number of ether oxygens (including phenoxy) is 1. The third kappa shape index (κ3) is 5.28. The molecule has 1 aliphatic rings. The smallest absolute Gasteiger partial charge is 0.410 e. The predicted molar refractivity (Wildman–Crippen MR) is 74.7 cm³/mol. The fourth-order valence-corrected chi connectivity index (χ4v) is 2.58. The van der Waals surface area contributed by atoms with Gasteiger partial charge in [0, 0.05) is 12.6 Å². The number of hydrogen-bond acceptors (Lipinski definition) is 2. The SMILES string of the molecule is CCCCCOC(=O)N1CCCC[C@H]1CCCC. The molecule has 1 heterocycles. The minimum Gasteiger partial charge on any atom is -0.449 e. The van der Waals surface area contributed by atoms with Gasteiger partial charge >= 0.3 is 6.09 Å². The fraction of sp³-hybridized carbons (Fsp3) is 0.933. The molecule has 0 spiro atoms. The lowest BCUT2D eigenvalue weighted by Crippen LogP contribution is -2.44. The van der Waals surface area contributed by atoms with Crippen LogP contribution in [0.4, 0.5) is 4.79 Å². The molecule has 0 saturated carbocycles. The zero-order chi connectivity index (χ0) is 13.2. The average molecular weight is 255 g/mol. The fourth-order valence-electron chi connectivity index (χ4n) is 2.58. The molecule has 1 amide bonds. The maximum absolute atomic E-state index is 12.0. The van der Waals surface area contributed by atoms with Gasteiger partial charge in [-0.05, 0) is 32.1 Å². The number of piperidine rings is 1. The van der Waals surface area contributed by atoms with Crippen LogP contribution in [0.15, 0.2) is 0 Å². The summed E-state index contributed by atoms with van der Waals surface area (Å²) in [5, 5.41) is 0. The first-order chi connectivity index (χ1) is 8.79. The number of unbranched alkanes of at least 4 members (excludes halogenated alkanes) is 3. The van der Waals surface area contributed by atoms with E-state index in [4.69, 9.17) is 4.74 Å². The van der Waals surface area contributed by atoms with Gasteiger partial charge in [-0.15, -0.1) is 0 Å². The number of nitrogens with zero attached hydrogens (tertiary/aromatic N) is 1. The van der Waals surface area contributed by atoms with Crippen LogP contribution in [0.25, 0.3) is 0 Å². The van der Waals surface area contributed by atoms with E-state index in [-0.39, 0.29) is 6.09 Å². The van der Waals surface area contributed by atoms with E-state index in [0.717, 1.165) is 38.6 Å². The van der Waals surface area contributed by atoms with Crippen molar-refractivity contribution in [2.24, 2.45) is 0 Å². The van der Waals surface area contributed by atoms with Gasteiger partial charge < -0.3 is 9.64 Å². The molecule has 0 aromatic carbocycles. The Kier molecular flexibility index (Phi) is 7.86. The van der Waals surface area contributed by atoms with Crippen molar-refractivity contribution in [2.75, 3.05) is 13.2 Å². The van der Waals surface area contributed by atoms with Crippen LogP contribution in [0, 0.1) is 0 Å². The number of rotatable bonds is 7. The van der Waals surface area contributed by atoms with Crippen LogP contribution >= 0.6 is 0 Å². The van der Waals surface area contributed by atoms with E-state index in [2.05, 4.69) is 13.8 Å². The molecule has 3 heteroatoms.